The molecule has 0 N–H and O–H groups in total. The lowest BCUT2D eigenvalue weighted by Crippen LogP contribution is -2.48. The Labute approximate surface area is 180 Å². The van der Waals surface area contributed by atoms with Crippen LogP contribution in [0.1, 0.15) is 29.5 Å². The highest BCUT2D eigenvalue weighted by molar-refractivity contribution is 6.31. The molecule has 2 heterocycles. The smallest absolute Gasteiger partial charge is 0.227 e. The van der Waals surface area contributed by atoms with E-state index in [9.17, 15) is 9.18 Å². The number of rotatable bonds is 4. The van der Waals surface area contributed by atoms with E-state index in [1.54, 1.807) is 25.2 Å². The van der Waals surface area contributed by atoms with Gasteiger partial charge in [-0.1, -0.05) is 17.7 Å². The van der Waals surface area contributed by atoms with E-state index in [0.29, 0.717) is 44.0 Å². The molecular weight excluding hydrogens is 409 g/mol. The summed E-state index contributed by atoms with van der Waals surface area (Å²) in [6.07, 6.45) is 2.12. The maximum atomic E-state index is 14.1. The predicted octanol–water partition coefficient (Wildman–Crippen LogP) is 4.13. The van der Waals surface area contributed by atoms with Crippen LogP contribution in [0.2, 0.25) is 5.02 Å². The van der Waals surface area contributed by atoms with Gasteiger partial charge >= 0.3 is 0 Å². The van der Waals surface area contributed by atoms with Gasteiger partial charge in [0.25, 0.3) is 0 Å². The van der Waals surface area contributed by atoms with E-state index in [1.165, 1.54) is 17.7 Å². The fourth-order valence-electron chi connectivity index (χ4n) is 4.48. The molecule has 5 nitrogen and oxygen atoms in total. The number of hydrogen-bond donors (Lipinski definition) is 0. The maximum Gasteiger partial charge on any atom is 0.227 e. The summed E-state index contributed by atoms with van der Waals surface area (Å²) in [7, 11) is 3.25. The Kier molecular flexibility index (Phi) is 5.89. The summed E-state index contributed by atoms with van der Waals surface area (Å²) in [6.45, 7) is 1.71. The first-order valence-corrected chi connectivity index (χ1v) is 10.5. The molecule has 1 spiro atoms. The molecule has 1 saturated heterocycles. The fraction of sp³-hybridized carbons (Fsp3) is 0.435. The number of carbonyl (C=O) groups is 1. The minimum atomic E-state index is -0.449. The van der Waals surface area contributed by atoms with Gasteiger partial charge in [0.1, 0.15) is 5.82 Å². The van der Waals surface area contributed by atoms with Crippen LogP contribution in [0.25, 0.3) is 0 Å². The van der Waals surface area contributed by atoms with Crippen molar-refractivity contribution < 1.29 is 23.4 Å². The molecule has 30 heavy (non-hydrogen) atoms. The molecule has 1 fully saturated rings. The second kappa shape index (κ2) is 8.44. The standard InChI is InChI=1S/C23H25ClFNO4/c1-28-20-12-15-6-11-30-23(17(15)14-21(20)29-2)7-9-26(10-8-23)22(27)13-16-18(24)4-3-5-19(16)25/h3-5,12,14H,6-11,13H2,1-2H3. The summed E-state index contributed by atoms with van der Waals surface area (Å²) in [6, 6.07) is 8.50. The monoisotopic (exact) mass is 433 g/mol. The van der Waals surface area contributed by atoms with Crippen molar-refractivity contribution >= 4 is 17.5 Å². The lowest BCUT2D eigenvalue weighted by Gasteiger charge is -2.45. The summed E-state index contributed by atoms with van der Waals surface area (Å²) in [4.78, 5) is 14.6. The van der Waals surface area contributed by atoms with E-state index >= 15 is 0 Å². The van der Waals surface area contributed by atoms with Gasteiger partial charge in [0.05, 0.1) is 32.8 Å². The Hall–Kier alpha value is -2.31. The molecule has 2 aliphatic heterocycles. The van der Waals surface area contributed by atoms with Crippen molar-refractivity contribution in [3.8, 4) is 11.5 Å². The molecule has 2 aromatic rings. The van der Waals surface area contributed by atoms with Crippen molar-refractivity contribution in [3.05, 3.63) is 57.9 Å². The van der Waals surface area contributed by atoms with Crippen molar-refractivity contribution in [1.82, 2.24) is 4.90 Å². The average Bonchev–Trinajstić information content (AvgIpc) is 2.76. The topological polar surface area (TPSA) is 48.0 Å². The molecule has 4 rings (SSSR count). The molecule has 0 radical (unpaired) electrons. The van der Waals surface area contributed by atoms with Crippen molar-refractivity contribution in [2.75, 3.05) is 33.9 Å². The number of benzene rings is 2. The number of amides is 1. The number of ether oxygens (including phenoxy) is 3. The van der Waals surface area contributed by atoms with Crippen LogP contribution in [0.3, 0.4) is 0 Å². The van der Waals surface area contributed by atoms with Crippen LogP contribution in [-0.2, 0) is 28.0 Å². The van der Waals surface area contributed by atoms with E-state index in [4.69, 9.17) is 25.8 Å². The van der Waals surface area contributed by atoms with Gasteiger partial charge in [-0.25, -0.2) is 4.39 Å². The third-order valence-electron chi connectivity index (χ3n) is 6.16. The van der Waals surface area contributed by atoms with Crippen LogP contribution >= 0.6 is 11.6 Å². The van der Waals surface area contributed by atoms with Crippen molar-refractivity contribution in [3.63, 3.8) is 0 Å². The molecule has 0 atom stereocenters. The average molecular weight is 434 g/mol. The van der Waals surface area contributed by atoms with Gasteiger partial charge < -0.3 is 19.1 Å². The molecule has 7 heteroatoms. The van der Waals surface area contributed by atoms with Crippen LogP contribution in [0.5, 0.6) is 11.5 Å². The van der Waals surface area contributed by atoms with Gasteiger partial charge in [0.15, 0.2) is 11.5 Å². The first-order chi connectivity index (χ1) is 14.5. The van der Waals surface area contributed by atoms with Crippen molar-refractivity contribution in [1.29, 1.82) is 0 Å². The Balaban J connectivity index is 1.51. The molecular formula is C23H25ClFNO4. The molecule has 0 unspecified atom stereocenters. The normalized spacial score (nSPS) is 17.5. The Morgan fingerprint density at radius 1 is 1.20 bits per heavy atom. The first-order valence-electron chi connectivity index (χ1n) is 10.1. The highest BCUT2D eigenvalue weighted by Gasteiger charge is 2.42. The zero-order valence-corrected chi connectivity index (χ0v) is 17.9. The second-order valence-electron chi connectivity index (χ2n) is 7.71. The van der Waals surface area contributed by atoms with E-state index < -0.39 is 11.4 Å². The minimum absolute atomic E-state index is 0.0407. The van der Waals surface area contributed by atoms with E-state index in [-0.39, 0.29) is 22.9 Å². The van der Waals surface area contributed by atoms with Gasteiger partial charge in [-0.15, -0.1) is 0 Å². The van der Waals surface area contributed by atoms with E-state index in [1.807, 2.05) is 12.1 Å². The zero-order valence-electron chi connectivity index (χ0n) is 17.2. The molecule has 0 saturated carbocycles. The maximum absolute atomic E-state index is 14.1. The third kappa shape index (κ3) is 3.74. The fourth-order valence-corrected chi connectivity index (χ4v) is 4.71. The minimum Gasteiger partial charge on any atom is -0.493 e. The SMILES string of the molecule is COc1cc2c(cc1OC)C1(CCN(C(=O)Cc3c(F)cccc3Cl)CC1)OCC2. The van der Waals surface area contributed by atoms with Crippen LogP contribution in [0.4, 0.5) is 4.39 Å². The molecule has 0 aromatic heterocycles. The number of hydrogen-bond acceptors (Lipinski definition) is 4. The van der Waals surface area contributed by atoms with Gasteiger partial charge in [0, 0.05) is 23.7 Å². The van der Waals surface area contributed by atoms with Crippen LogP contribution in [-0.4, -0.2) is 44.7 Å². The number of halogens is 2. The van der Waals surface area contributed by atoms with E-state index in [0.717, 1.165) is 12.0 Å². The Morgan fingerprint density at radius 2 is 1.90 bits per heavy atom. The van der Waals surface area contributed by atoms with Gasteiger partial charge in [0.2, 0.25) is 5.91 Å². The Bertz CT molecular complexity index is 936. The van der Waals surface area contributed by atoms with E-state index in [2.05, 4.69) is 0 Å². The van der Waals surface area contributed by atoms with Crippen molar-refractivity contribution in [2.24, 2.45) is 0 Å². The quantitative estimate of drug-likeness (QED) is 0.727. The molecule has 2 aliphatic rings. The molecule has 1 amide bonds. The molecule has 160 valence electrons. The number of piperidine rings is 1. The van der Waals surface area contributed by atoms with Crippen LogP contribution < -0.4 is 9.47 Å². The van der Waals surface area contributed by atoms with Gasteiger partial charge in [-0.3, -0.25) is 4.79 Å². The van der Waals surface area contributed by atoms with Crippen LogP contribution in [0, 0.1) is 5.82 Å². The zero-order chi connectivity index (χ0) is 21.3. The lowest BCUT2D eigenvalue weighted by atomic mass is 9.79. The Morgan fingerprint density at radius 3 is 2.57 bits per heavy atom. The molecule has 0 bridgehead atoms. The highest BCUT2D eigenvalue weighted by Crippen LogP contribution is 2.45. The number of carbonyl (C=O) groups excluding carboxylic acids is 1. The number of fused-ring (bicyclic) bond motifs is 2. The summed E-state index contributed by atoms with van der Waals surface area (Å²) in [5.41, 5.74) is 2.10. The van der Waals surface area contributed by atoms with Gasteiger partial charge in [-0.05, 0) is 54.7 Å². The van der Waals surface area contributed by atoms with Crippen LogP contribution in [0.15, 0.2) is 30.3 Å². The summed E-state index contributed by atoms with van der Waals surface area (Å²) in [5, 5.41) is 0.280. The molecule has 0 aliphatic carbocycles. The second-order valence-corrected chi connectivity index (χ2v) is 8.12. The summed E-state index contributed by atoms with van der Waals surface area (Å²) < 4.78 is 31.3. The first kappa shape index (κ1) is 20.9. The highest BCUT2D eigenvalue weighted by atomic mass is 35.5. The lowest BCUT2D eigenvalue weighted by molar-refractivity contribution is -0.140. The number of methoxy groups -OCH3 is 2. The van der Waals surface area contributed by atoms with Crippen molar-refractivity contribution in [2.45, 2.75) is 31.3 Å². The predicted molar refractivity (Wildman–Crippen MR) is 112 cm³/mol. The number of nitrogens with zero attached hydrogens (tertiary/aromatic N) is 1. The van der Waals surface area contributed by atoms with Gasteiger partial charge in [-0.2, -0.15) is 0 Å². The number of likely N-dealkylation sites (tertiary alicyclic amines) is 1. The summed E-state index contributed by atoms with van der Waals surface area (Å²) in [5.74, 6) is 0.812. The largest absolute Gasteiger partial charge is 0.493 e. The molecule has 2 aromatic carbocycles. The third-order valence-corrected chi connectivity index (χ3v) is 6.52. The summed E-state index contributed by atoms with van der Waals surface area (Å²) >= 11 is 6.09.